The molecule has 1 aliphatic carbocycles. The summed E-state index contributed by atoms with van der Waals surface area (Å²) in [5, 5.41) is 0.783. The Bertz CT molecular complexity index is 823. The maximum Gasteiger partial charge on any atom is 0.510 e. The Morgan fingerprint density at radius 3 is 2.43 bits per heavy atom. The zero-order valence-corrected chi connectivity index (χ0v) is 23.0. The lowest BCUT2D eigenvalue weighted by Gasteiger charge is -2.41. The first-order valence-corrected chi connectivity index (χ1v) is 13.7. The van der Waals surface area contributed by atoms with Crippen LogP contribution in [-0.4, -0.2) is 61.8 Å². The van der Waals surface area contributed by atoms with Crippen molar-refractivity contribution in [2.75, 3.05) is 27.7 Å². The molecule has 0 amide bonds. The van der Waals surface area contributed by atoms with E-state index in [1.165, 1.54) is 38.4 Å². The number of hydrogen-bond donors (Lipinski definition) is 0. The van der Waals surface area contributed by atoms with E-state index in [4.69, 9.17) is 26.1 Å². The Balaban J connectivity index is 1.71. The molecule has 3 rings (SSSR count). The molecular weight excluding hydrogens is 462 g/mol. The highest BCUT2D eigenvalue weighted by Crippen LogP contribution is 2.44. The molecule has 196 valence electrons. The van der Waals surface area contributed by atoms with Crippen LogP contribution < -0.4 is 0 Å². The summed E-state index contributed by atoms with van der Waals surface area (Å²) in [5.41, 5.74) is 0.496. The van der Waals surface area contributed by atoms with Gasteiger partial charge in [-0.3, -0.25) is 0 Å². The normalized spacial score (nSPS) is 27.3. The number of rotatable bonds is 11. The quantitative estimate of drug-likeness (QED) is 0.305. The summed E-state index contributed by atoms with van der Waals surface area (Å²) in [4.78, 5) is 21.7. The van der Waals surface area contributed by atoms with Gasteiger partial charge in [0.1, 0.15) is 0 Å². The van der Waals surface area contributed by atoms with E-state index in [9.17, 15) is 4.79 Å². The summed E-state index contributed by atoms with van der Waals surface area (Å²) >= 11 is 6.14. The third kappa shape index (κ3) is 6.91. The summed E-state index contributed by atoms with van der Waals surface area (Å²) in [6.45, 7) is 5.26. The van der Waals surface area contributed by atoms with Crippen molar-refractivity contribution in [2.45, 2.75) is 89.4 Å². The molecule has 35 heavy (non-hydrogen) atoms. The predicted octanol–water partition coefficient (Wildman–Crippen LogP) is 6.93. The second kappa shape index (κ2) is 13.0. The molecule has 1 aromatic rings. The Labute approximate surface area is 217 Å². The predicted molar refractivity (Wildman–Crippen MR) is 143 cm³/mol. The highest BCUT2D eigenvalue weighted by Gasteiger charge is 2.49. The van der Waals surface area contributed by atoms with Gasteiger partial charge in [-0.25, -0.2) is 9.79 Å². The summed E-state index contributed by atoms with van der Waals surface area (Å²) in [5.74, 6) is 1.21. The lowest BCUT2D eigenvalue weighted by Crippen LogP contribution is -2.50. The minimum absolute atomic E-state index is 0.0653. The van der Waals surface area contributed by atoms with Gasteiger partial charge in [-0.1, -0.05) is 56.8 Å². The van der Waals surface area contributed by atoms with Gasteiger partial charge in [0.05, 0.1) is 19.5 Å². The average Bonchev–Trinajstić information content (AvgIpc) is 3.16. The smallest absolute Gasteiger partial charge is 0.438 e. The molecule has 2 aliphatic rings. The Hall–Kier alpha value is -1.79. The van der Waals surface area contributed by atoms with Gasteiger partial charge in [0.25, 0.3) is 0 Å². The SMILES string of the molecule is CCCCC1(OC(=O)OC)N=CN(CCC)C1CC1CCC(C(c2ccc(Cl)cc2)N(C)C)CC1. The van der Waals surface area contributed by atoms with Crippen LogP contribution in [0.3, 0.4) is 0 Å². The number of benzene rings is 1. The summed E-state index contributed by atoms with van der Waals surface area (Å²) in [6, 6.07) is 8.80. The monoisotopic (exact) mass is 505 g/mol. The van der Waals surface area contributed by atoms with E-state index >= 15 is 0 Å². The first-order chi connectivity index (χ1) is 16.8. The number of aliphatic imine (C=N–C) groups is 1. The van der Waals surface area contributed by atoms with Gasteiger partial charge in [0.15, 0.2) is 0 Å². The van der Waals surface area contributed by atoms with E-state index in [1.54, 1.807) is 0 Å². The zero-order valence-electron chi connectivity index (χ0n) is 22.2. The van der Waals surface area contributed by atoms with E-state index in [-0.39, 0.29) is 6.04 Å². The van der Waals surface area contributed by atoms with Crippen LogP contribution in [-0.2, 0) is 9.47 Å². The molecule has 1 fully saturated rings. The number of carbonyl (C=O) groups excluding carboxylic acids is 1. The lowest BCUT2D eigenvalue weighted by molar-refractivity contribution is -0.0630. The molecule has 1 heterocycles. The molecular formula is C28H44ClN3O3. The van der Waals surface area contributed by atoms with Crippen LogP contribution in [0.15, 0.2) is 29.3 Å². The van der Waals surface area contributed by atoms with Gasteiger partial charge in [-0.05, 0) is 75.7 Å². The van der Waals surface area contributed by atoms with E-state index in [2.05, 4.69) is 49.9 Å². The average molecular weight is 506 g/mol. The molecule has 0 saturated heterocycles. The number of ether oxygens (including phenoxy) is 2. The highest BCUT2D eigenvalue weighted by atomic mass is 35.5. The molecule has 6 nitrogen and oxygen atoms in total. The first-order valence-electron chi connectivity index (χ1n) is 13.3. The van der Waals surface area contributed by atoms with Gasteiger partial charge in [-0.15, -0.1) is 0 Å². The maximum atomic E-state index is 12.2. The van der Waals surface area contributed by atoms with Crippen molar-refractivity contribution in [1.29, 1.82) is 0 Å². The topological polar surface area (TPSA) is 54.4 Å². The zero-order chi connectivity index (χ0) is 25.4. The fourth-order valence-electron chi connectivity index (χ4n) is 6.09. The molecule has 1 saturated carbocycles. The van der Waals surface area contributed by atoms with Crippen molar-refractivity contribution in [3.05, 3.63) is 34.9 Å². The van der Waals surface area contributed by atoms with Crippen molar-refractivity contribution in [3.8, 4) is 0 Å². The van der Waals surface area contributed by atoms with Crippen molar-refractivity contribution in [2.24, 2.45) is 16.8 Å². The van der Waals surface area contributed by atoms with Crippen molar-refractivity contribution < 1.29 is 14.3 Å². The first kappa shape index (κ1) is 27.8. The molecule has 0 radical (unpaired) electrons. The summed E-state index contributed by atoms with van der Waals surface area (Å²) < 4.78 is 10.8. The van der Waals surface area contributed by atoms with E-state index in [0.717, 1.165) is 43.7 Å². The molecule has 0 N–H and O–H groups in total. The molecule has 1 aromatic carbocycles. The van der Waals surface area contributed by atoms with Crippen LogP contribution >= 0.6 is 11.6 Å². The standard InChI is InChI=1S/C28H44ClN3O3/c1-6-8-17-28(35-27(33)34-5)25(32(18-7-2)20-30-28)19-21-9-11-22(12-10-21)26(31(3)4)23-13-15-24(29)16-14-23/h13-16,20-22,25-26H,6-12,17-19H2,1-5H3. The molecule has 0 aromatic heterocycles. The lowest BCUT2D eigenvalue weighted by atomic mass is 9.73. The number of halogens is 1. The number of carbonyl (C=O) groups is 1. The summed E-state index contributed by atoms with van der Waals surface area (Å²) in [6.07, 6.45) is 10.8. The van der Waals surface area contributed by atoms with Gasteiger partial charge in [-0.2, -0.15) is 0 Å². The largest absolute Gasteiger partial charge is 0.510 e. The third-order valence-electron chi connectivity index (χ3n) is 7.81. The van der Waals surface area contributed by atoms with Crippen molar-refractivity contribution >= 4 is 24.1 Å². The minimum atomic E-state index is -0.843. The number of unbranched alkanes of at least 4 members (excludes halogenated alkanes) is 1. The second-order valence-corrected chi connectivity index (χ2v) is 10.9. The molecule has 0 spiro atoms. The van der Waals surface area contributed by atoms with E-state index in [0.29, 0.717) is 17.9 Å². The van der Waals surface area contributed by atoms with Crippen molar-refractivity contribution in [1.82, 2.24) is 9.80 Å². The number of hydrogen-bond acceptors (Lipinski definition) is 6. The molecule has 1 aliphatic heterocycles. The third-order valence-corrected chi connectivity index (χ3v) is 8.06. The van der Waals surface area contributed by atoms with Crippen molar-refractivity contribution in [3.63, 3.8) is 0 Å². The van der Waals surface area contributed by atoms with Crippen LogP contribution in [0.2, 0.25) is 5.02 Å². The van der Waals surface area contributed by atoms with Gasteiger partial charge < -0.3 is 19.3 Å². The Morgan fingerprint density at radius 1 is 1.17 bits per heavy atom. The van der Waals surface area contributed by atoms with E-state index in [1.807, 2.05) is 18.5 Å². The molecule has 3 atom stereocenters. The summed E-state index contributed by atoms with van der Waals surface area (Å²) in [7, 11) is 5.72. The van der Waals surface area contributed by atoms with Gasteiger partial charge in [0, 0.05) is 24.0 Å². The Morgan fingerprint density at radius 2 is 1.86 bits per heavy atom. The van der Waals surface area contributed by atoms with Gasteiger partial charge in [0.2, 0.25) is 5.72 Å². The molecule has 0 bridgehead atoms. The molecule has 3 unspecified atom stereocenters. The van der Waals surface area contributed by atoms with Crippen LogP contribution in [0.4, 0.5) is 4.79 Å². The van der Waals surface area contributed by atoms with Crippen LogP contribution in [0.25, 0.3) is 0 Å². The fraction of sp³-hybridized carbons (Fsp3) is 0.714. The van der Waals surface area contributed by atoms with Crippen LogP contribution in [0.1, 0.15) is 83.2 Å². The second-order valence-electron chi connectivity index (χ2n) is 10.5. The van der Waals surface area contributed by atoms with Crippen LogP contribution in [0, 0.1) is 11.8 Å². The highest BCUT2D eigenvalue weighted by molar-refractivity contribution is 6.30. The Kier molecular flexibility index (Phi) is 10.3. The number of nitrogens with zero attached hydrogens (tertiary/aromatic N) is 3. The van der Waals surface area contributed by atoms with Crippen LogP contribution in [0.5, 0.6) is 0 Å². The van der Waals surface area contributed by atoms with E-state index < -0.39 is 11.9 Å². The minimum Gasteiger partial charge on any atom is -0.438 e. The fourth-order valence-corrected chi connectivity index (χ4v) is 6.21. The number of methoxy groups -OCH3 is 1. The van der Waals surface area contributed by atoms with Gasteiger partial charge >= 0.3 is 6.16 Å². The maximum absolute atomic E-state index is 12.2. The molecule has 7 heteroatoms.